The molecular weight excluding hydrogens is 324 g/mol. The van der Waals surface area contributed by atoms with Crippen LogP contribution in [-0.2, 0) is 15.0 Å². The van der Waals surface area contributed by atoms with E-state index in [1.807, 2.05) is 4.90 Å². The molecule has 0 saturated carbocycles. The van der Waals surface area contributed by atoms with E-state index in [0.717, 1.165) is 24.5 Å². The van der Waals surface area contributed by atoms with Gasteiger partial charge in [0.1, 0.15) is 5.01 Å². The number of aromatic nitrogens is 2. The van der Waals surface area contributed by atoms with Crippen LogP contribution in [0.2, 0.25) is 0 Å². The third-order valence-corrected chi connectivity index (χ3v) is 5.36. The van der Waals surface area contributed by atoms with Gasteiger partial charge in [-0.15, -0.1) is 10.2 Å². The first kappa shape index (κ1) is 18.8. The second-order valence-corrected chi connectivity index (χ2v) is 8.93. The van der Waals surface area contributed by atoms with E-state index in [0.29, 0.717) is 17.0 Å². The molecule has 1 aliphatic rings. The van der Waals surface area contributed by atoms with Crippen LogP contribution in [-0.4, -0.2) is 40.0 Å². The Morgan fingerprint density at radius 3 is 2.33 bits per heavy atom. The molecule has 1 fully saturated rings. The molecule has 1 saturated heterocycles. The van der Waals surface area contributed by atoms with Gasteiger partial charge in [-0.05, 0) is 18.3 Å². The van der Waals surface area contributed by atoms with Gasteiger partial charge in [-0.25, -0.2) is 0 Å². The predicted octanol–water partition coefficient (Wildman–Crippen LogP) is 3.06. The SMILES string of the molecule is CC1CC(C)CN(C(=O)CCC(=O)Nc2nnc(C(C)(C)C)s2)C1. The Bertz CT molecular complexity index is 584. The molecule has 2 amide bonds. The van der Waals surface area contributed by atoms with Crippen molar-refractivity contribution in [2.45, 2.75) is 59.3 Å². The van der Waals surface area contributed by atoms with Crippen LogP contribution in [0, 0.1) is 11.8 Å². The Morgan fingerprint density at radius 1 is 1.17 bits per heavy atom. The molecule has 2 heterocycles. The van der Waals surface area contributed by atoms with Gasteiger partial charge in [-0.3, -0.25) is 9.59 Å². The highest BCUT2D eigenvalue weighted by molar-refractivity contribution is 7.15. The molecule has 0 spiro atoms. The first-order valence-electron chi connectivity index (χ1n) is 8.56. The van der Waals surface area contributed by atoms with Gasteiger partial charge in [0.25, 0.3) is 0 Å². The van der Waals surface area contributed by atoms with Crippen LogP contribution in [0.15, 0.2) is 0 Å². The summed E-state index contributed by atoms with van der Waals surface area (Å²) < 4.78 is 0. The van der Waals surface area contributed by atoms with Crippen molar-refractivity contribution in [1.29, 1.82) is 0 Å². The Morgan fingerprint density at radius 2 is 1.79 bits per heavy atom. The lowest BCUT2D eigenvalue weighted by molar-refractivity contribution is -0.135. The number of amides is 2. The van der Waals surface area contributed by atoms with Crippen LogP contribution in [0.4, 0.5) is 5.13 Å². The molecular formula is C17H28N4O2S. The van der Waals surface area contributed by atoms with Crippen molar-refractivity contribution in [3.05, 3.63) is 5.01 Å². The Balaban J connectivity index is 1.80. The minimum atomic E-state index is -0.182. The standard InChI is InChI=1S/C17H28N4O2S/c1-11-8-12(2)10-21(9-11)14(23)7-6-13(22)18-16-20-19-15(24-16)17(3,4)5/h11-12H,6-10H2,1-5H3,(H,18,20,22). The summed E-state index contributed by atoms with van der Waals surface area (Å²) in [5, 5.41) is 12.2. The fourth-order valence-corrected chi connectivity index (χ4v) is 3.82. The fourth-order valence-electron chi connectivity index (χ4n) is 3.00. The normalized spacial score (nSPS) is 21.6. The van der Waals surface area contributed by atoms with Crippen LogP contribution in [0.3, 0.4) is 0 Å². The predicted molar refractivity (Wildman–Crippen MR) is 96.0 cm³/mol. The average Bonchev–Trinajstić information content (AvgIpc) is 2.92. The molecule has 0 aliphatic carbocycles. The van der Waals surface area contributed by atoms with E-state index in [-0.39, 0.29) is 30.1 Å². The van der Waals surface area contributed by atoms with Crippen LogP contribution in [0.25, 0.3) is 0 Å². The lowest BCUT2D eigenvalue weighted by Gasteiger charge is -2.35. The van der Waals surface area contributed by atoms with Gasteiger partial charge in [0, 0.05) is 31.3 Å². The van der Waals surface area contributed by atoms with Gasteiger partial charge in [0.2, 0.25) is 16.9 Å². The highest BCUT2D eigenvalue weighted by Crippen LogP contribution is 2.27. The van der Waals surface area contributed by atoms with Crippen LogP contribution < -0.4 is 5.32 Å². The summed E-state index contributed by atoms with van der Waals surface area (Å²) in [5.74, 6) is 0.946. The number of anilines is 1. The number of likely N-dealkylation sites (tertiary alicyclic amines) is 1. The average molecular weight is 353 g/mol. The van der Waals surface area contributed by atoms with Gasteiger partial charge >= 0.3 is 0 Å². The van der Waals surface area contributed by atoms with Crippen LogP contribution >= 0.6 is 11.3 Å². The molecule has 1 aliphatic heterocycles. The van der Waals surface area contributed by atoms with Crippen molar-refractivity contribution in [2.24, 2.45) is 11.8 Å². The number of piperidine rings is 1. The lowest BCUT2D eigenvalue weighted by atomic mass is 9.91. The molecule has 24 heavy (non-hydrogen) atoms. The number of nitrogens with zero attached hydrogens (tertiary/aromatic N) is 3. The minimum Gasteiger partial charge on any atom is -0.342 e. The smallest absolute Gasteiger partial charge is 0.226 e. The second kappa shape index (κ2) is 7.59. The summed E-state index contributed by atoms with van der Waals surface area (Å²) in [7, 11) is 0. The zero-order valence-corrected chi connectivity index (χ0v) is 16.1. The maximum absolute atomic E-state index is 12.3. The Hall–Kier alpha value is -1.50. The Labute approximate surface area is 148 Å². The van der Waals surface area contributed by atoms with E-state index >= 15 is 0 Å². The third kappa shape index (κ3) is 5.26. The van der Waals surface area contributed by atoms with Gasteiger partial charge in [0.15, 0.2) is 0 Å². The maximum Gasteiger partial charge on any atom is 0.226 e. The monoisotopic (exact) mass is 352 g/mol. The number of carbonyl (C=O) groups is 2. The first-order chi connectivity index (χ1) is 11.1. The van der Waals surface area contributed by atoms with Gasteiger partial charge in [0.05, 0.1) is 0 Å². The summed E-state index contributed by atoms with van der Waals surface area (Å²) in [6.07, 6.45) is 1.59. The zero-order valence-electron chi connectivity index (χ0n) is 15.3. The highest BCUT2D eigenvalue weighted by Gasteiger charge is 2.25. The quantitative estimate of drug-likeness (QED) is 0.903. The van der Waals surface area contributed by atoms with E-state index in [4.69, 9.17) is 0 Å². The van der Waals surface area contributed by atoms with E-state index in [1.165, 1.54) is 11.3 Å². The molecule has 0 bridgehead atoms. The minimum absolute atomic E-state index is 0.0659. The summed E-state index contributed by atoms with van der Waals surface area (Å²) >= 11 is 1.38. The number of hydrogen-bond donors (Lipinski definition) is 1. The van der Waals surface area contributed by atoms with Crippen molar-refractivity contribution in [3.8, 4) is 0 Å². The third-order valence-electron chi connectivity index (χ3n) is 4.10. The summed E-state index contributed by atoms with van der Waals surface area (Å²) in [5.41, 5.74) is -0.0851. The van der Waals surface area contributed by atoms with Gasteiger partial charge in [-0.1, -0.05) is 46.0 Å². The fraction of sp³-hybridized carbons (Fsp3) is 0.765. The summed E-state index contributed by atoms with van der Waals surface area (Å²) in [6.45, 7) is 12.1. The van der Waals surface area contributed by atoms with Crippen molar-refractivity contribution >= 4 is 28.3 Å². The number of rotatable bonds is 4. The van der Waals surface area contributed by atoms with E-state index in [1.54, 1.807) is 0 Å². The molecule has 134 valence electrons. The largest absolute Gasteiger partial charge is 0.342 e. The summed E-state index contributed by atoms with van der Waals surface area (Å²) in [6, 6.07) is 0. The topological polar surface area (TPSA) is 75.2 Å². The second-order valence-electron chi connectivity index (χ2n) is 7.96. The van der Waals surface area contributed by atoms with Gasteiger partial charge < -0.3 is 10.2 Å². The molecule has 2 rings (SSSR count). The molecule has 0 aromatic carbocycles. The van der Waals surface area contributed by atoms with Crippen molar-refractivity contribution in [1.82, 2.24) is 15.1 Å². The number of carbonyl (C=O) groups excluding carboxylic acids is 2. The molecule has 1 aromatic heterocycles. The van der Waals surface area contributed by atoms with E-state index in [9.17, 15) is 9.59 Å². The van der Waals surface area contributed by atoms with Crippen LogP contribution in [0.5, 0.6) is 0 Å². The molecule has 7 heteroatoms. The van der Waals surface area contributed by atoms with E-state index < -0.39 is 0 Å². The molecule has 1 N–H and O–H groups in total. The van der Waals surface area contributed by atoms with E-state index in [2.05, 4.69) is 50.1 Å². The molecule has 0 radical (unpaired) electrons. The molecule has 2 atom stereocenters. The van der Waals surface area contributed by atoms with Crippen molar-refractivity contribution in [2.75, 3.05) is 18.4 Å². The maximum atomic E-state index is 12.3. The molecule has 2 unspecified atom stereocenters. The lowest BCUT2D eigenvalue weighted by Crippen LogP contribution is -2.42. The summed E-state index contributed by atoms with van der Waals surface area (Å²) in [4.78, 5) is 26.2. The zero-order chi connectivity index (χ0) is 17.9. The molecule has 1 aromatic rings. The van der Waals surface area contributed by atoms with Crippen LogP contribution in [0.1, 0.15) is 58.9 Å². The molecule has 6 nitrogen and oxygen atoms in total. The van der Waals surface area contributed by atoms with Gasteiger partial charge in [-0.2, -0.15) is 0 Å². The first-order valence-corrected chi connectivity index (χ1v) is 9.38. The number of nitrogens with one attached hydrogen (secondary N) is 1. The van der Waals surface area contributed by atoms with Crippen molar-refractivity contribution < 1.29 is 9.59 Å². The Kier molecular flexibility index (Phi) is 5.96. The number of hydrogen-bond acceptors (Lipinski definition) is 5. The van der Waals surface area contributed by atoms with Crippen molar-refractivity contribution in [3.63, 3.8) is 0 Å². The highest BCUT2D eigenvalue weighted by atomic mass is 32.1.